The Labute approximate surface area is 181 Å². The van der Waals surface area contributed by atoms with Gasteiger partial charge in [0.05, 0.1) is 16.8 Å². The van der Waals surface area contributed by atoms with Crippen LogP contribution in [0.4, 0.5) is 4.39 Å². The Hall–Kier alpha value is -3.60. The van der Waals surface area contributed by atoms with Gasteiger partial charge in [-0.25, -0.2) is 9.37 Å². The standard InChI is InChI=1S/C26H24FN3O/c1-17-8-6-10-19-20(14-23(30-24(17)19)18-9-7-13-28-15-18)25(31)29-16-26(2,3)21-11-4-5-12-22(21)27/h4-15H,16H2,1-3H3,(H,29,31). The van der Waals surface area contributed by atoms with E-state index in [0.29, 0.717) is 23.4 Å². The molecule has 1 amide bonds. The maximum Gasteiger partial charge on any atom is 0.252 e. The van der Waals surface area contributed by atoms with Gasteiger partial charge >= 0.3 is 0 Å². The number of hydrogen-bond donors (Lipinski definition) is 1. The van der Waals surface area contributed by atoms with Gasteiger partial charge in [-0.2, -0.15) is 0 Å². The molecule has 2 aromatic carbocycles. The number of halogens is 1. The molecule has 0 spiro atoms. The van der Waals surface area contributed by atoms with Crippen LogP contribution < -0.4 is 5.32 Å². The molecule has 0 aliphatic carbocycles. The molecule has 4 rings (SSSR count). The zero-order valence-electron chi connectivity index (χ0n) is 17.8. The van der Waals surface area contributed by atoms with Crippen LogP contribution in [0, 0.1) is 12.7 Å². The van der Waals surface area contributed by atoms with E-state index < -0.39 is 5.41 Å². The first-order chi connectivity index (χ1) is 14.9. The number of amides is 1. The van der Waals surface area contributed by atoms with Crippen molar-refractivity contribution in [2.75, 3.05) is 6.54 Å². The number of nitrogens with zero attached hydrogens (tertiary/aromatic N) is 2. The van der Waals surface area contributed by atoms with E-state index in [1.54, 1.807) is 36.7 Å². The fraction of sp³-hybridized carbons (Fsp3) is 0.192. The largest absolute Gasteiger partial charge is 0.351 e. The van der Waals surface area contributed by atoms with Crippen LogP contribution in [0.25, 0.3) is 22.2 Å². The molecule has 0 bridgehead atoms. The van der Waals surface area contributed by atoms with Crippen LogP contribution in [0.2, 0.25) is 0 Å². The third-order valence-corrected chi connectivity index (χ3v) is 5.54. The summed E-state index contributed by atoms with van der Waals surface area (Å²) in [6.07, 6.45) is 3.43. The molecule has 0 unspecified atom stereocenters. The van der Waals surface area contributed by atoms with Crippen LogP contribution in [-0.4, -0.2) is 22.4 Å². The number of nitrogens with one attached hydrogen (secondary N) is 1. The first-order valence-electron chi connectivity index (χ1n) is 10.2. The monoisotopic (exact) mass is 413 g/mol. The number of aromatic nitrogens is 2. The topological polar surface area (TPSA) is 54.9 Å². The van der Waals surface area contributed by atoms with E-state index in [4.69, 9.17) is 4.98 Å². The number of pyridine rings is 2. The van der Waals surface area contributed by atoms with Crippen molar-refractivity contribution in [1.82, 2.24) is 15.3 Å². The summed E-state index contributed by atoms with van der Waals surface area (Å²) in [6, 6.07) is 18.0. The van der Waals surface area contributed by atoms with E-state index in [-0.39, 0.29) is 11.7 Å². The third-order valence-electron chi connectivity index (χ3n) is 5.54. The Balaban J connectivity index is 1.71. The molecule has 4 aromatic rings. The minimum absolute atomic E-state index is 0.215. The molecule has 0 saturated heterocycles. The van der Waals surface area contributed by atoms with Gasteiger partial charge in [0.15, 0.2) is 0 Å². The van der Waals surface area contributed by atoms with Crippen LogP contribution in [0.5, 0.6) is 0 Å². The number of rotatable bonds is 5. The average molecular weight is 413 g/mol. The van der Waals surface area contributed by atoms with E-state index in [2.05, 4.69) is 10.3 Å². The summed E-state index contributed by atoms with van der Waals surface area (Å²) in [6.45, 7) is 6.11. The van der Waals surface area contributed by atoms with Crippen molar-refractivity contribution in [1.29, 1.82) is 0 Å². The summed E-state index contributed by atoms with van der Waals surface area (Å²) in [5.41, 5.74) is 3.85. The van der Waals surface area contributed by atoms with E-state index in [0.717, 1.165) is 22.0 Å². The fourth-order valence-corrected chi connectivity index (χ4v) is 3.74. The number of hydrogen-bond acceptors (Lipinski definition) is 3. The van der Waals surface area contributed by atoms with Crippen molar-refractivity contribution in [2.45, 2.75) is 26.2 Å². The molecule has 156 valence electrons. The van der Waals surface area contributed by atoms with Crippen LogP contribution in [0.15, 0.2) is 73.1 Å². The summed E-state index contributed by atoms with van der Waals surface area (Å²) in [4.78, 5) is 22.2. The second-order valence-electron chi connectivity index (χ2n) is 8.31. The normalized spacial score (nSPS) is 11.5. The van der Waals surface area contributed by atoms with Gasteiger partial charge in [-0.1, -0.05) is 50.2 Å². The van der Waals surface area contributed by atoms with E-state index in [1.165, 1.54) is 6.07 Å². The number of carbonyl (C=O) groups is 1. The lowest BCUT2D eigenvalue weighted by atomic mass is 9.84. The molecule has 31 heavy (non-hydrogen) atoms. The quantitative estimate of drug-likeness (QED) is 0.473. The SMILES string of the molecule is Cc1cccc2c(C(=O)NCC(C)(C)c3ccccc3F)cc(-c3cccnc3)nc12. The van der Waals surface area contributed by atoms with Gasteiger partial charge in [0.25, 0.3) is 5.91 Å². The number of benzene rings is 2. The van der Waals surface area contributed by atoms with Crippen LogP contribution in [0.1, 0.15) is 35.3 Å². The van der Waals surface area contributed by atoms with Crippen molar-refractivity contribution < 1.29 is 9.18 Å². The predicted molar refractivity (Wildman–Crippen MR) is 121 cm³/mol. The van der Waals surface area contributed by atoms with Gasteiger partial charge in [0.2, 0.25) is 0 Å². The van der Waals surface area contributed by atoms with E-state index in [1.807, 2.05) is 51.1 Å². The third kappa shape index (κ3) is 4.17. The lowest BCUT2D eigenvalue weighted by Crippen LogP contribution is -2.37. The van der Waals surface area contributed by atoms with E-state index >= 15 is 0 Å². The average Bonchev–Trinajstić information content (AvgIpc) is 2.78. The molecule has 0 fully saturated rings. The molecule has 0 saturated carbocycles. The van der Waals surface area contributed by atoms with Gasteiger partial charge in [-0.15, -0.1) is 0 Å². The molecule has 4 nitrogen and oxygen atoms in total. The molecule has 2 aromatic heterocycles. The maximum absolute atomic E-state index is 14.3. The van der Waals surface area contributed by atoms with Crippen LogP contribution in [-0.2, 0) is 5.41 Å². The number of para-hydroxylation sites is 1. The maximum atomic E-state index is 14.3. The highest BCUT2D eigenvalue weighted by Gasteiger charge is 2.25. The molecule has 0 aliphatic rings. The van der Waals surface area contributed by atoms with Crippen molar-refractivity contribution >= 4 is 16.8 Å². The van der Waals surface area contributed by atoms with Crippen molar-refractivity contribution in [3.05, 3.63) is 95.6 Å². The second kappa shape index (κ2) is 8.26. The summed E-state index contributed by atoms with van der Waals surface area (Å²) in [5, 5.41) is 3.79. The lowest BCUT2D eigenvalue weighted by molar-refractivity contribution is 0.0947. The Morgan fingerprint density at radius 1 is 1.06 bits per heavy atom. The number of carbonyl (C=O) groups excluding carboxylic acids is 1. The number of fused-ring (bicyclic) bond motifs is 1. The molecule has 0 atom stereocenters. The van der Waals surface area contributed by atoms with Gasteiger partial charge in [0.1, 0.15) is 5.82 Å². The Morgan fingerprint density at radius 3 is 2.61 bits per heavy atom. The second-order valence-corrected chi connectivity index (χ2v) is 8.31. The molecule has 5 heteroatoms. The van der Waals surface area contributed by atoms with Gasteiger partial charge < -0.3 is 5.32 Å². The lowest BCUT2D eigenvalue weighted by Gasteiger charge is -2.26. The molecule has 0 aliphatic heterocycles. The van der Waals surface area contributed by atoms with Crippen molar-refractivity contribution in [3.8, 4) is 11.3 Å². The first-order valence-corrected chi connectivity index (χ1v) is 10.2. The zero-order valence-corrected chi connectivity index (χ0v) is 17.8. The van der Waals surface area contributed by atoms with Crippen molar-refractivity contribution in [2.24, 2.45) is 0 Å². The molecule has 2 heterocycles. The molecular weight excluding hydrogens is 389 g/mol. The Kier molecular flexibility index (Phi) is 5.51. The van der Waals surface area contributed by atoms with Crippen molar-refractivity contribution in [3.63, 3.8) is 0 Å². The molecular formula is C26H24FN3O. The smallest absolute Gasteiger partial charge is 0.252 e. The minimum atomic E-state index is -0.564. The highest BCUT2D eigenvalue weighted by atomic mass is 19.1. The first kappa shape index (κ1) is 20.7. The van der Waals surface area contributed by atoms with Crippen LogP contribution in [0.3, 0.4) is 0 Å². The fourth-order valence-electron chi connectivity index (χ4n) is 3.74. The molecule has 1 N–H and O–H groups in total. The minimum Gasteiger partial charge on any atom is -0.351 e. The summed E-state index contributed by atoms with van der Waals surface area (Å²) in [5.74, 6) is -0.488. The predicted octanol–water partition coefficient (Wildman–Crippen LogP) is 5.45. The highest BCUT2D eigenvalue weighted by molar-refractivity contribution is 6.07. The van der Waals surface area contributed by atoms with Crippen LogP contribution >= 0.6 is 0 Å². The van der Waals surface area contributed by atoms with Gasteiger partial charge in [0, 0.05) is 35.3 Å². The van der Waals surface area contributed by atoms with E-state index in [9.17, 15) is 9.18 Å². The highest BCUT2D eigenvalue weighted by Crippen LogP contribution is 2.28. The zero-order chi connectivity index (χ0) is 22.0. The number of aryl methyl sites for hydroxylation is 1. The summed E-state index contributed by atoms with van der Waals surface area (Å²) >= 11 is 0. The summed E-state index contributed by atoms with van der Waals surface area (Å²) < 4.78 is 14.3. The summed E-state index contributed by atoms with van der Waals surface area (Å²) in [7, 11) is 0. The van der Waals surface area contributed by atoms with Gasteiger partial charge in [-0.05, 0) is 42.3 Å². The Bertz CT molecular complexity index is 1250. The molecule has 0 radical (unpaired) electrons. The Morgan fingerprint density at radius 2 is 1.87 bits per heavy atom. The van der Waals surface area contributed by atoms with Gasteiger partial charge in [-0.3, -0.25) is 9.78 Å².